The lowest BCUT2D eigenvalue weighted by Crippen LogP contribution is -2.20. The smallest absolute Gasteiger partial charge is 0.431 e. The van der Waals surface area contributed by atoms with Gasteiger partial charge in [0.05, 0.1) is 0 Å². The molecule has 77 valence electrons. The summed E-state index contributed by atoms with van der Waals surface area (Å²) in [5.74, 6) is 0. The summed E-state index contributed by atoms with van der Waals surface area (Å²) in [6.45, 7) is 7.55. The Bertz CT molecular complexity index is 145. The molecule has 0 aliphatic heterocycles. The highest BCUT2D eigenvalue weighted by atomic mass is 16.7. The van der Waals surface area contributed by atoms with Crippen molar-refractivity contribution in [3.05, 3.63) is 6.42 Å². The molecule has 2 atom stereocenters. The second-order valence-corrected chi connectivity index (χ2v) is 3.12. The third-order valence-electron chi connectivity index (χ3n) is 1.74. The standard InChI is InChI=1S/C10H19O3/c1-5-7-9(4)13-10(11)12-8(3)6-2/h6,8-9H,5,7H2,1-4H3. The van der Waals surface area contributed by atoms with Crippen LogP contribution in [-0.4, -0.2) is 18.4 Å². The Hall–Kier alpha value is -0.730. The first kappa shape index (κ1) is 12.3. The molecule has 0 N–H and O–H groups in total. The lowest BCUT2D eigenvalue weighted by molar-refractivity contribution is 0.0127. The maximum absolute atomic E-state index is 11.0. The van der Waals surface area contributed by atoms with Crippen molar-refractivity contribution in [1.29, 1.82) is 0 Å². The number of carbonyl (C=O) groups excluding carboxylic acids is 1. The predicted molar refractivity (Wildman–Crippen MR) is 51.4 cm³/mol. The molecule has 0 aromatic carbocycles. The summed E-state index contributed by atoms with van der Waals surface area (Å²) in [6, 6.07) is 0. The van der Waals surface area contributed by atoms with Gasteiger partial charge >= 0.3 is 6.16 Å². The van der Waals surface area contributed by atoms with E-state index in [1.807, 2.05) is 20.8 Å². The molecule has 3 nitrogen and oxygen atoms in total. The fourth-order valence-electron chi connectivity index (χ4n) is 0.877. The van der Waals surface area contributed by atoms with Crippen LogP contribution in [0.1, 0.15) is 40.5 Å². The molecule has 0 heterocycles. The third kappa shape index (κ3) is 6.43. The van der Waals surface area contributed by atoms with E-state index in [0.717, 1.165) is 12.8 Å². The zero-order valence-corrected chi connectivity index (χ0v) is 8.87. The molecule has 0 amide bonds. The number of hydrogen-bond acceptors (Lipinski definition) is 3. The molecular formula is C10H19O3. The Labute approximate surface area is 80.4 Å². The van der Waals surface area contributed by atoms with Gasteiger partial charge in [0.1, 0.15) is 12.2 Å². The number of rotatable bonds is 5. The summed E-state index contributed by atoms with van der Waals surface area (Å²) in [6.07, 6.45) is 2.86. The van der Waals surface area contributed by atoms with Gasteiger partial charge in [-0.3, -0.25) is 0 Å². The van der Waals surface area contributed by atoms with Crippen LogP contribution in [0.3, 0.4) is 0 Å². The third-order valence-corrected chi connectivity index (χ3v) is 1.74. The molecule has 2 unspecified atom stereocenters. The van der Waals surface area contributed by atoms with Crippen LogP contribution in [0.15, 0.2) is 0 Å². The summed E-state index contributed by atoms with van der Waals surface area (Å²) in [5, 5.41) is 0. The molecule has 0 saturated heterocycles. The second-order valence-electron chi connectivity index (χ2n) is 3.12. The van der Waals surface area contributed by atoms with Gasteiger partial charge < -0.3 is 9.47 Å². The molecule has 13 heavy (non-hydrogen) atoms. The zero-order valence-electron chi connectivity index (χ0n) is 8.87. The summed E-state index contributed by atoms with van der Waals surface area (Å²) >= 11 is 0. The van der Waals surface area contributed by atoms with Crippen molar-refractivity contribution in [3.8, 4) is 0 Å². The summed E-state index contributed by atoms with van der Waals surface area (Å²) in [4.78, 5) is 11.0. The van der Waals surface area contributed by atoms with Gasteiger partial charge in [-0.25, -0.2) is 4.79 Å². The molecule has 3 heteroatoms. The molecule has 0 aliphatic rings. The van der Waals surface area contributed by atoms with Crippen molar-refractivity contribution in [3.63, 3.8) is 0 Å². The first-order valence-corrected chi connectivity index (χ1v) is 4.76. The monoisotopic (exact) mass is 187 g/mol. The molecule has 0 aromatic rings. The number of carbonyl (C=O) groups is 1. The lowest BCUT2D eigenvalue weighted by atomic mass is 10.2. The number of hydrogen-bond donors (Lipinski definition) is 0. The van der Waals surface area contributed by atoms with E-state index in [0.29, 0.717) is 0 Å². The number of ether oxygens (including phenoxy) is 2. The Kier molecular flexibility index (Phi) is 6.37. The highest BCUT2D eigenvalue weighted by molar-refractivity contribution is 5.60. The van der Waals surface area contributed by atoms with Gasteiger partial charge in [0.15, 0.2) is 0 Å². The predicted octanol–water partition coefficient (Wildman–Crippen LogP) is 2.94. The quantitative estimate of drug-likeness (QED) is 0.621. The average Bonchev–Trinajstić information content (AvgIpc) is 2.04. The Morgan fingerprint density at radius 3 is 2.46 bits per heavy atom. The average molecular weight is 187 g/mol. The minimum atomic E-state index is -0.577. The first-order chi connectivity index (χ1) is 6.10. The van der Waals surface area contributed by atoms with Gasteiger partial charge in [-0.2, -0.15) is 0 Å². The highest BCUT2D eigenvalue weighted by Crippen LogP contribution is 2.04. The van der Waals surface area contributed by atoms with Crippen molar-refractivity contribution in [2.45, 2.75) is 52.7 Å². The van der Waals surface area contributed by atoms with Crippen LogP contribution in [0.4, 0.5) is 4.79 Å². The Morgan fingerprint density at radius 2 is 2.00 bits per heavy atom. The van der Waals surface area contributed by atoms with E-state index in [1.165, 1.54) is 0 Å². The van der Waals surface area contributed by atoms with Crippen LogP contribution in [0.25, 0.3) is 0 Å². The van der Waals surface area contributed by atoms with E-state index in [2.05, 4.69) is 0 Å². The Morgan fingerprint density at radius 1 is 1.38 bits per heavy atom. The minimum Gasteiger partial charge on any atom is -0.431 e. The normalized spacial score (nSPS) is 14.8. The van der Waals surface area contributed by atoms with Gasteiger partial charge in [0, 0.05) is 0 Å². The highest BCUT2D eigenvalue weighted by Gasteiger charge is 2.12. The van der Waals surface area contributed by atoms with Crippen molar-refractivity contribution in [2.24, 2.45) is 0 Å². The van der Waals surface area contributed by atoms with Crippen LogP contribution in [-0.2, 0) is 9.47 Å². The lowest BCUT2D eigenvalue weighted by Gasteiger charge is -2.14. The second kappa shape index (κ2) is 6.75. The Balaban J connectivity index is 3.61. The first-order valence-electron chi connectivity index (χ1n) is 4.76. The van der Waals surface area contributed by atoms with Crippen LogP contribution >= 0.6 is 0 Å². The molecule has 0 rings (SSSR count). The van der Waals surface area contributed by atoms with E-state index in [-0.39, 0.29) is 12.2 Å². The van der Waals surface area contributed by atoms with Gasteiger partial charge in [0.2, 0.25) is 0 Å². The van der Waals surface area contributed by atoms with Crippen LogP contribution in [0.5, 0.6) is 0 Å². The SMILES string of the molecule is C[CH]C(C)OC(=O)OC(C)CCC. The van der Waals surface area contributed by atoms with E-state index >= 15 is 0 Å². The van der Waals surface area contributed by atoms with E-state index < -0.39 is 6.16 Å². The van der Waals surface area contributed by atoms with Gasteiger partial charge in [-0.05, 0) is 26.7 Å². The summed E-state index contributed by atoms with van der Waals surface area (Å²) < 4.78 is 9.88. The molecular weight excluding hydrogens is 168 g/mol. The molecule has 0 aromatic heterocycles. The molecule has 1 radical (unpaired) electrons. The van der Waals surface area contributed by atoms with Gasteiger partial charge in [-0.1, -0.05) is 20.3 Å². The van der Waals surface area contributed by atoms with E-state index in [9.17, 15) is 4.79 Å². The maximum atomic E-state index is 11.0. The largest absolute Gasteiger partial charge is 0.508 e. The van der Waals surface area contributed by atoms with Crippen LogP contribution in [0.2, 0.25) is 0 Å². The van der Waals surface area contributed by atoms with Gasteiger partial charge in [0.25, 0.3) is 0 Å². The fourth-order valence-corrected chi connectivity index (χ4v) is 0.877. The van der Waals surface area contributed by atoms with Crippen molar-refractivity contribution < 1.29 is 14.3 Å². The minimum absolute atomic E-state index is 0.0541. The molecule has 0 aliphatic carbocycles. The maximum Gasteiger partial charge on any atom is 0.508 e. The van der Waals surface area contributed by atoms with Crippen molar-refractivity contribution in [1.82, 2.24) is 0 Å². The summed E-state index contributed by atoms with van der Waals surface area (Å²) in [5.41, 5.74) is 0. The van der Waals surface area contributed by atoms with Crippen LogP contribution < -0.4 is 0 Å². The molecule has 0 bridgehead atoms. The van der Waals surface area contributed by atoms with Crippen LogP contribution in [0, 0.1) is 6.42 Å². The summed E-state index contributed by atoms with van der Waals surface area (Å²) in [7, 11) is 0. The van der Waals surface area contributed by atoms with Gasteiger partial charge in [-0.15, -0.1) is 0 Å². The molecule has 0 fully saturated rings. The molecule has 0 spiro atoms. The van der Waals surface area contributed by atoms with E-state index in [1.54, 1.807) is 13.3 Å². The molecule has 0 saturated carbocycles. The van der Waals surface area contributed by atoms with E-state index in [4.69, 9.17) is 9.47 Å². The zero-order chi connectivity index (χ0) is 10.3. The van der Waals surface area contributed by atoms with Crippen molar-refractivity contribution >= 4 is 6.16 Å². The van der Waals surface area contributed by atoms with Crippen molar-refractivity contribution in [2.75, 3.05) is 0 Å². The topological polar surface area (TPSA) is 35.5 Å². The fraction of sp³-hybridized carbons (Fsp3) is 0.800.